The Hall–Kier alpha value is -0.0700. The molecule has 0 aromatic heterocycles. The van der Waals surface area contributed by atoms with Gasteiger partial charge in [-0.1, -0.05) is 6.42 Å². The maximum absolute atomic E-state index is 12.3. The molecule has 0 aromatic rings. The molecule has 24 heavy (non-hydrogen) atoms. The van der Waals surface area contributed by atoms with E-state index >= 15 is 0 Å². The Labute approximate surface area is 158 Å². The van der Waals surface area contributed by atoms with Gasteiger partial charge in [-0.25, -0.2) is 0 Å². The lowest BCUT2D eigenvalue weighted by atomic mass is 9.87. The summed E-state index contributed by atoms with van der Waals surface area (Å²) < 4.78 is 5.56. The number of nitrogens with two attached hydrogens (primary N) is 1. The third-order valence-corrected chi connectivity index (χ3v) is 5.98. The summed E-state index contributed by atoms with van der Waals surface area (Å²) in [6.45, 7) is 4.75. The summed E-state index contributed by atoms with van der Waals surface area (Å²) in [5.41, 5.74) is 6.21. The Kier molecular flexibility index (Phi) is 9.31. The van der Waals surface area contributed by atoms with Gasteiger partial charge in [0.2, 0.25) is 5.91 Å². The van der Waals surface area contributed by atoms with Crippen molar-refractivity contribution in [1.82, 2.24) is 10.2 Å². The Morgan fingerprint density at radius 2 is 1.79 bits per heavy atom. The lowest BCUT2D eigenvalue weighted by Crippen LogP contribution is -2.57. The van der Waals surface area contributed by atoms with Gasteiger partial charge in [0.15, 0.2) is 0 Å². The zero-order valence-electron chi connectivity index (χ0n) is 14.5. The highest BCUT2D eigenvalue weighted by atomic mass is 35.5. The molecule has 2 heterocycles. The molecule has 2 atom stereocenters. The molecule has 5 nitrogen and oxygen atoms in total. The predicted molar refractivity (Wildman–Crippen MR) is 101 cm³/mol. The number of nitrogens with zero attached hydrogens (tertiary/aromatic N) is 1. The van der Waals surface area contributed by atoms with Crippen molar-refractivity contribution in [2.24, 2.45) is 11.7 Å². The summed E-state index contributed by atoms with van der Waals surface area (Å²) in [6, 6.07) is 0.223. The number of rotatable bonds is 5. The maximum Gasteiger partial charge on any atom is 0.220 e. The average Bonchev–Trinajstić information content (AvgIpc) is 3.19. The minimum absolute atomic E-state index is 0. The van der Waals surface area contributed by atoms with E-state index in [1.807, 2.05) is 0 Å². The van der Waals surface area contributed by atoms with Crippen LogP contribution >= 0.6 is 24.8 Å². The van der Waals surface area contributed by atoms with Crippen LogP contribution in [0.15, 0.2) is 0 Å². The highest BCUT2D eigenvalue weighted by Gasteiger charge is 2.40. The van der Waals surface area contributed by atoms with Crippen LogP contribution in [0.25, 0.3) is 0 Å². The molecule has 3 aliphatic rings. The predicted octanol–water partition coefficient (Wildman–Crippen LogP) is 2.11. The van der Waals surface area contributed by atoms with Crippen molar-refractivity contribution in [3.63, 3.8) is 0 Å². The first-order chi connectivity index (χ1) is 10.7. The third kappa shape index (κ3) is 5.21. The number of nitrogens with one attached hydrogen (secondary N) is 1. The van der Waals surface area contributed by atoms with E-state index in [1.165, 1.54) is 32.4 Å². The van der Waals surface area contributed by atoms with Gasteiger partial charge >= 0.3 is 0 Å². The molecular weight excluding hydrogens is 349 g/mol. The molecule has 7 heteroatoms. The van der Waals surface area contributed by atoms with Gasteiger partial charge in [-0.15, -0.1) is 24.8 Å². The van der Waals surface area contributed by atoms with Crippen LogP contribution in [-0.4, -0.2) is 55.2 Å². The number of halogens is 2. The molecule has 1 saturated carbocycles. The second kappa shape index (κ2) is 10.2. The van der Waals surface area contributed by atoms with Crippen molar-refractivity contribution in [2.75, 3.05) is 32.8 Å². The second-order valence-electron chi connectivity index (χ2n) is 7.37. The SMILES string of the molecule is Cl.Cl.N[C@@H]1CCC[C@H]1CC(=O)NCC1(N2CCCC2)CCOCC1. The zero-order chi connectivity index (χ0) is 15.4. The molecule has 0 unspecified atom stereocenters. The van der Waals surface area contributed by atoms with Gasteiger partial charge < -0.3 is 15.8 Å². The van der Waals surface area contributed by atoms with Crippen molar-refractivity contribution in [3.05, 3.63) is 0 Å². The summed E-state index contributed by atoms with van der Waals surface area (Å²) >= 11 is 0. The van der Waals surface area contributed by atoms with Gasteiger partial charge in [0, 0.05) is 37.8 Å². The normalized spacial score (nSPS) is 29.5. The molecule has 1 amide bonds. The van der Waals surface area contributed by atoms with E-state index in [1.54, 1.807) is 0 Å². The van der Waals surface area contributed by atoms with Crippen molar-refractivity contribution < 1.29 is 9.53 Å². The number of hydrogen-bond acceptors (Lipinski definition) is 4. The quantitative estimate of drug-likeness (QED) is 0.764. The van der Waals surface area contributed by atoms with Gasteiger partial charge in [-0.3, -0.25) is 9.69 Å². The van der Waals surface area contributed by atoms with Gasteiger partial charge in [0.1, 0.15) is 0 Å². The fourth-order valence-corrected chi connectivity index (χ4v) is 4.44. The van der Waals surface area contributed by atoms with Crippen LogP contribution in [0.1, 0.15) is 51.4 Å². The van der Waals surface area contributed by atoms with E-state index < -0.39 is 0 Å². The minimum atomic E-state index is 0. The van der Waals surface area contributed by atoms with E-state index in [4.69, 9.17) is 10.5 Å². The first-order valence-corrected chi connectivity index (χ1v) is 9.05. The van der Waals surface area contributed by atoms with Gasteiger partial charge in [-0.2, -0.15) is 0 Å². The zero-order valence-corrected chi connectivity index (χ0v) is 16.1. The van der Waals surface area contributed by atoms with Crippen LogP contribution in [0.3, 0.4) is 0 Å². The number of amides is 1. The van der Waals surface area contributed by atoms with E-state index in [-0.39, 0.29) is 42.3 Å². The van der Waals surface area contributed by atoms with Crippen LogP contribution in [0.2, 0.25) is 0 Å². The molecule has 3 fully saturated rings. The summed E-state index contributed by atoms with van der Waals surface area (Å²) in [5, 5.41) is 3.23. The third-order valence-electron chi connectivity index (χ3n) is 5.98. The van der Waals surface area contributed by atoms with Crippen LogP contribution < -0.4 is 11.1 Å². The smallest absolute Gasteiger partial charge is 0.220 e. The van der Waals surface area contributed by atoms with E-state index in [0.29, 0.717) is 12.3 Å². The molecule has 3 rings (SSSR count). The van der Waals surface area contributed by atoms with E-state index in [9.17, 15) is 4.79 Å². The highest BCUT2D eigenvalue weighted by molar-refractivity contribution is 5.85. The fourth-order valence-electron chi connectivity index (χ4n) is 4.44. The highest BCUT2D eigenvalue weighted by Crippen LogP contribution is 2.31. The van der Waals surface area contributed by atoms with Crippen LogP contribution in [0.4, 0.5) is 0 Å². The largest absolute Gasteiger partial charge is 0.381 e. The first-order valence-electron chi connectivity index (χ1n) is 9.05. The lowest BCUT2D eigenvalue weighted by molar-refractivity contribution is -0.123. The molecule has 2 saturated heterocycles. The summed E-state index contributed by atoms with van der Waals surface area (Å²) in [7, 11) is 0. The maximum atomic E-state index is 12.3. The number of carbonyl (C=O) groups is 1. The van der Waals surface area contributed by atoms with E-state index in [0.717, 1.165) is 45.4 Å². The monoisotopic (exact) mass is 381 g/mol. The van der Waals surface area contributed by atoms with E-state index in [2.05, 4.69) is 10.2 Å². The van der Waals surface area contributed by atoms with Crippen LogP contribution in [0.5, 0.6) is 0 Å². The van der Waals surface area contributed by atoms with Gasteiger partial charge in [0.25, 0.3) is 0 Å². The molecular formula is C17H33Cl2N3O2. The first kappa shape index (κ1) is 22.0. The Bertz CT molecular complexity index is 386. The number of likely N-dealkylation sites (tertiary alicyclic amines) is 1. The molecule has 0 bridgehead atoms. The standard InChI is InChI=1S/C17H31N3O2.2ClH/c18-15-5-3-4-14(15)12-16(21)19-13-17(6-10-22-11-7-17)20-8-1-2-9-20;;/h14-15H,1-13,18H2,(H,19,21);2*1H/t14-,15+;;/m0../s1. The molecule has 3 N–H and O–H groups in total. The van der Waals surface area contributed by atoms with Crippen LogP contribution in [0, 0.1) is 5.92 Å². The minimum Gasteiger partial charge on any atom is -0.381 e. The Balaban J connectivity index is 0.00000144. The van der Waals surface area contributed by atoms with Gasteiger partial charge in [-0.05, 0) is 57.5 Å². The molecule has 0 spiro atoms. The number of carbonyl (C=O) groups excluding carboxylic acids is 1. The Morgan fingerprint density at radius 3 is 2.38 bits per heavy atom. The lowest BCUT2D eigenvalue weighted by Gasteiger charge is -2.44. The summed E-state index contributed by atoms with van der Waals surface area (Å²) in [6.07, 6.45) is 8.61. The second-order valence-corrected chi connectivity index (χ2v) is 7.37. The van der Waals surface area contributed by atoms with Crippen molar-refractivity contribution >= 4 is 30.7 Å². The summed E-state index contributed by atoms with van der Waals surface area (Å²) in [4.78, 5) is 14.9. The average molecular weight is 382 g/mol. The topological polar surface area (TPSA) is 67.6 Å². The molecule has 1 aliphatic carbocycles. The Morgan fingerprint density at radius 1 is 1.12 bits per heavy atom. The number of ether oxygens (including phenoxy) is 1. The molecule has 2 aliphatic heterocycles. The van der Waals surface area contributed by atoms with Crippen molar-refractivity contribution in [1.29, 1.82) is 0 Å². The molecule has 0 radical (unpaired) electrons. The van der Waals surface area contributed by atoms with Crippen molar-refractivity contribution in [3.8, 4) is 0 Å². The molecule has 142 valence electrons. The fraction of sp³-hybridized carbons (Fsp3) is 0.941. The van der Waals surface area contributed by atoms with Crippen molar-refractivity contribution in [2.45, 2.75) is 62.9 Å². The number of hydrogen-bond donors (Lipinski definition) is 2. The summed E-state index contributed by atoms with van der Waals surface area (Å²) in [5.74, 6) is 0.574. The van der Waals surface area contributed by atoms with Crippen LogP contribution in [-0.2, 0) is 9.53 Å². The molecule has 0 aromatic carbocycles. The van der Waals surface area contributed by atoms with Gasteiger partial charge in [0.05, 0.1) is 0 Å².